The highest BCUT2D eigenvalue weighted by atomic mass is 16.6. The van der Waals surface area contributed by atoms with Crippen LogP contribution in [0.4, 0.5) is 0 Å². The van der Waals surface area contributed by atoms with Crippen molar-refractivity contribution >= 4 is 5.97 Å². The smallest absolute Gasteiger partial charge is 0.338 e. The maximum absolute atomic E-state index is 13.2. The fraction of sp³-hybridized carbons (Fsp3) is 0.757. The van der Waals surface area contributed by atoms with Gasteiger partial charge in [0.05, 0.1) is 29.8 Å². The molecule has 238 valence electrons. The van der Waals surface area contributed by atoms with Crippen LogP contribution in [0.25, 0.3) is 0 Å². The SMILES string of the molecule is CC1(C)C[C@H]2C3=CC[C@@H]4[C@@]5(C)CCC(O)C(C)(C)[C@@H]5CC[C@@]4(C)[C@]3(C)CC(O)[C@@]2(CO)C(O)C1OC(=O)c1ccccc1. The first kappa shape index (κ1) is 31.3. The zero-order chi connectivity index (χ0) is 31.4. The highest BCUT2D eigenvalue weighted by molar-refractivity contribution is 5.89. The molecule has 0 amide bonds. The Bertz CT molecular complexity index is 1290. The second-order valence-corrected chi connectivity index (χ2v) is 17.0. The van der Waals surface area contributed by atoms with Gasteiger partial charge in [-0.25, -0.2) is 4.79 Å². The molecule has 5 aliphatic rings. The van der Waals surface area contributed by atoms with Gasteiger partial charge in [-0.2, -0.15) is 0 Å². The number of carbonyl (C=O) groups is 1. The van der Waals surface area contributed by atoms with Crippen molar-refractivity contribution < 1.29 is 30.0 Å². The summed E-state index contributed by atoms with van der Waals surface area (Å²) in [6.07, 6.45) is 4.95. The van der Waals surface area contributed by atoms with Crippen LogP contribution in [-0.2, 0) is 4.74 Å². The van der Waals surface area contributed by atoms with Crippen molar-refractivity contribution in [1.29, 1.82) is 0 Å². The minimum atomic E-state index is -1.22. The second kappa shape index (κ2) is 9.88. The number of aliphatic hydroxyl groups is 4. The highest BCUT2D eigenvalue weighted by Crippen LogP contribution is 2.75. The zero-order valence-corrected chi connectivity index (χ0v) is 27.3. The van der Waals surface area contributed by atoms with Crippen molar-refractivity contribution in [2.45, 2.75) is 118 Å². The molecule has 5 aliphatic carbocycles. The quantitative estimate of drug-likeness (QED) is 0.256. The molecule has 0 radical (unpaired) electrons. The number of benzene rings is 1. The van der Waals surface area contributed by atoms with Crippen molar-refractivity contribution in [2.75, 3.05) is 6.61 Å². The first-order chi connectivity index (χ1) is 20.0. The number of hydrogen-bond acceptors (Lipinski definition) is 6. The first-order valence-corrected chi connectivity index (χ1v) is 16.6. The third kappa shape index (κ3) is 4.01. The summed E-state index contributed by atoms with van der Waals surface area (Å²) >= 11 is 0. The van der Waals surface area contributed by atoms with Gasteiger partial charge >= 0.3 is 5.97 Å². The lowest BCUT2D eigenvalue weighted by Crippen LogP contribution is -2.72. The topological polar surface area (TPSA) is 107 Å². The van der Waals surface area contributed by atoms with E-state index >= 15 is 0 Å². The van der Waals surface area contributed by atoms with E-state index in [0.29, 0.717) is 30.2 Å². The number of esters is 1. The van der Waals surface area contributed by atoms with E-state index in [9.17, 15) is 25.2 Å². The molecule has 43 heavy (non-hydrogen) atoms. The van der Waals surface area contributed by atoms with E-state index in [1.54, 1.807) is 24.3 Å². The molecule has 6 rings (SSSR count). The third-order valence-electron chi connectivity index (χ3n) is 14.6. The van der Waals surface area contributed by atoms with Gasteiger partial charge in [-0.15, -0.1) is 0 Å². The van der Waals surface area contributed by atoms with Gasteiger partial charge in [-0.05, 0) is 96.5 Å². The molecule has 1 aromatic rings. The van der Waals surface area contributed by atoms with Gasteiger partial charge in [0.25, 0.3) is 0 Å². The van der Waals surface area contributed by atoms with Crippen molar-refractivity contribution in [3.63, 3.8) is 0 Å². The zero-order valence-electron chi connectivity index (χ0n) is 27.3. The van der Waals surface area contributed by atoms with Crippen molar-refractivity contribution in [1.82, 2.24) is 0 Å². The summed E-state index contributed by atoms with van der Waals surface area (Å²) in [4.78, 5) is 13.2. The fourth-order valence-corrected chi connectivity index (χ4v) is 11.9. The summed E-state index contributed by atoms with van der Waals surface area (Å²) in [5, 5.41) is 46.4. The minimum Gasteiger partial charge on any atom is -0.455 e. The lowest BCUT2D eigenvalue weighted by atomic mass is 9.33. The van der Waals surface area contributed by atoms with Crippen LogP contribution >= 0.6 is 0 Å². The van der Waals surface area contributed by atoms with Crippen molar-refractivity contribution in [2.24, 2.45) is 50.2 Å². The molecule has 1 aromatic carbocycles. The number of fused-ring (bicyclic) bond motifs is 7. The molecule has 4 N–H and O–H groups in total. The lowest BCUT2D eigenvalue weighted by molar-refractivity contribution is -0.256. The Morgan fingerprint density at radius 2 is 1.56 bits per heavy atom. The Balaban J connectivity index is 1.39. The number of ether oxygens (including phenoxy) is 1. The average Bonchev–Trinajstić information content (AvgIpc) is 2.94. The molecule has 11 atom stereocenters. The van der Waals surface area contributed by atoms with Crippen LogP contribution in [0.15, 0.2) is 42.0 Å². The van der Waals surface area contributed by atoms with Crippen LogP contribution in [-0.4, -0.2) is 57.4 Å². The Morgan fingerprint density at radius 1 is 0.884 bits per heavy atom. The lowest BCUT2D eigenvalue weighted by Gasteiger charge is -2.72. The highest BCUT2D eigenvalue weighted by Gasteiger charge is 2.72. The van der Waals surface area contributed by atoms with Crippen LogP contribution in [0.5, 0.6) is 0 Å². The number of carbonyl (C=O) groups excluding carboxylic acids is 1. The summed E-state index contributed by atoms with van der Waals surface area (Å²) in [6, 6.07) is 8.80. The van der Waals surface area contributed by atoms with Crippen LogP contribution in [0, 0.1) is 50.2 Å². The van der Waals surface area contributed by atoms with Gasteiger partial charge in [-0.1, -0.05) is 78.3 Å². The molecule has 4 saturated carbocycles. The molecular weight excluding hydrogens is 540 g/mol. The summed E-state index contributed by atoms with van der Waals surface area (Å²) in [6.45, 7) is 15.4. The fourth-order valence-electron chi connectivity index (χ4n) is 11.9. The summed E-state index contributed by atoms with van der Waals surface area (Å²) < 4.78 is 6.05. The number of rotatable bonds is 3. The van der Waals surface area contributed by atoms with E-state index in [0.717, 1.165) is 32.1 Å². The molecule has 4 unspecified atom stereocenters. The molecule has 0 spiro atoms. The van der Waals surface area contributed by atoms with Crippen LogP contribution in [0.1, 0.15) is 104 Å². The summed E-state index contributed by atoms with van der Waals surface area (Å²) in [5.74, 6) is 0.100. The van der Waals surface area contributed by atoms with E-state index < -0.39 is 35.1 Å². The standard InChI is InChI=1S/C37H54O6/c1-32(2)19-24-23-13-14-26-34(5)17-16-27(39)33(3,4)25(34)15-18-35(26,6)36(23,7)20-28(40)37(24,21-38)29(41)30(32)43-31(42)22-11-9-8-10-12-22/h8-13,24-30,38-41H,14-21H2,1-7H3/t24-,25-,26+,27?,28?,29?,30?,34-,35+,36+,37-/m0/s1. The summed E-state index contributed by atoms with van der Waals surface area (Å²) in [7, 11) is 0. The predicted octanol–water partition coefficient (Wildman–Crippen LogP) is 5.92. The van der Waals surface area contributed by atoms with Gasteiger partial charge in [0.15, 0.2) is 0 Å². The van der Waals surface area contributed by atoms with Crippen LogP contribution in [0.3, 0.4) is 0 Å². The van der Waals surface area contributed by atoms with E-state index in [1.165, 1.54) is 5.57 Å². The Kier molecular flexibility index (Phi) is 7.18. The normalized spacial score (nSPS) is 48.1. The van der Waals surface area contributed by atoms with Crippen molar-refractivity contribution in [3.05, 3.63) is 47.5 Å². The molecule has 6 nitrogen and oxygen atoms in total. The van der Waals surface area contributed by atoms with Gasteiger partial charge in [0.1, 0.15) is 12.2 Å². The van der Waals surface area contributed by atoms with Crippen LogP contribution in [0.2, 0.25) is 0 Å². The Morgan fingerprint density at radius 3 is 2.21 bits per heavy atom. The number of aliphatic hydroxyl groups excluding tert-OH is 4. The molecule has 0 bridgehead atoms. The van der Waals surface area contributed by atoms with Gasteiger partial charge < -0.3 is 25.2 Å². The maximum atomic E-state index is 13.2. The molecule has 6 heteroatoms. The first-order valence-electron chi connectivity index (χ1n) is 16.6. The number of allylic oxidation sites excluding steroid dienone is 2. The average molecular weight is 595 g/mol. The Labute approximate surface area is 257 Å². The molecule has 0 aliphatic heterocycles. The maximum Gasteiger partial charge on any atom is 0.338 e. The van der Waals surface area contributed by atoms with Gasteiger partial charge in [0, 0.05) is 5.41 Å². The van der Waals surface area contributed by atoms with E-state index in [4.69, 9.17) is 4.74 Å². The molecule has 0 heterocycles. The predicted molar refractivity (Wildman–Crippen MR) is 166 cm³/mol. The molecular formula is C37H54O6. The number of hydrogen-bond donors (Lipinski definition) is 4. The largest absolute Gasteiger partial charge is 0.455 e. The van der Waals surface area contributed by atoms with Crippen molar-refractivity contribution in [3.8, 4) is 0 Å². The van der Waals surface area contributed by atoms with Gasteiger partial charge in [0.2, 0.25) is 0 Å². The van der Waals surface area contributed by atoms with E-state index in [1.807, 2.05) is 19.9 Å². The minimum absolute atomic E-state index is 0.0744. The molecule has 0 saturated heterocycles. The third-order valence-corrected chi connectivity index (χ3v) is 14.6. The Hall–Kier alpha value is -1.73. The van der Waals surface area contributed by atoms with Crippen LogP contribution < -0.4 is 0 Å². The van der Waals surface area contributed by atoms with Gasteiger partial charge in [-0.3, -0.25) is 0 Å². The van der Waals surface area contributed by atoms with E-state index in [-0.39, 0.29) is 40.3 Å². The monoisotopic (exact) mass is 594 g/mol. The second-order valence-electron chi connectivity index (χ2n) is 17.0. The molecule has 4 fully saturated rings. The summed E-state index contributed by atoms with van der Waals surface area (Å²) in [5.41, 5.74) is -0.562. The molecule has 0 aromatic heterocycles. The van der Waals surface area contributed by atoms with E-state index in [2.05, 4.69) is 40.7 Å².